The van der Waals surface area contributed by atoms with Gasteiger partial charge in [-0.15, -0.1) is 0 Å². The van der Waals surface area contributed by atoms with Gasteiger partial charge in [0.15, 0.2) is 9.84 Å². The first kappa shape index (κ1) is 15.5. The van der Waals surface area contributed by atoms with Gasteiger partial charge in [-0.05, 0) is 52.0 Å². The quantitative estimate of drug-likeness (QED) is 0.814. The lowest BCUT2D eigenvalue weighted by atomic mass is 10.1. The average Bonchev–Trinajstić information content (AvgIpc) is 2.66. The van der Waals surface area contributed by atoms with Crippen LogP contribution in [0.15, 0.2) is 29.2 Å². The smallest absolute Gasteiger partial charge is 0.180 e. The number of benzene rings is 1. The van der Waals surface area contributed by atoms with Crippen molar-refractivity contribution in [3.05, 3.63) is 29.8 Å². The Labute approximate surface area is 122 Å². The molecule has 0 radical (unpaired) electrons. The van der Waals surface area contributed by atoms with E-state index in [1.54, 1.807) is 12.1 Å². The molecule has 0 bridgehead atoms. The molecule has 1 atom stereocenters. The van der Waals surface area contributed by atoms with Crippen LogP contribution in [0.4, 0.5) is 0 Å². The van der Waals surface area contributed by atoms with Crippen molar-refractivity contribution in [1.29, 1.82) is 0 Å². The lowest BCUT2D eigenvalue weighted by Crippen LogP contribution is -2.31. The second-order valence-electron chi connectivity index (χ2n) is 5.75. The molecule has 0 spiro atoms. The van der Waals surface area contributed by atoms with E-state index in [2.05, 4.69) is 31.1 Å². The lowest BCUT2D eigenvalue weighted by Gasteiger charge is -2.21. The Morgan fingerprint density at radius 2 is 2.05 bits per heavy atom. The zero-order valence-corrected chi connectivity index (χ0v) is 13.3. The topological polar surface area (TPSA) is 49.4 Å². The van der Waals surface area contributed by atoms with Gasteiger partial charge in [0.05, 0.1) is 10.6 Å². The molecule has 1 aliphatic rings. The zero-order valence-electron chi connectivity index (χ0n) is 12.5. The Balaban J connectivity index is 1.90. The maximum absolute atomic E-state index is 12.0. The van der Waals surface area contributed by atoms with Crippen molar-refractivity contribution in [1.82, 2.24) is 10.2 Å². The second-order valence-corrected chi connectivity index (χ2v) is 7.76. The Morgan fingerprint density at radius 3 is 2.75 bits per heavy atom. The molecule has 0 amide bonds. The van der Waals surface area contributed by atoms with E-state index >= 15 is 0 Å². The van der Waals surface area contributed by atoms with E-state index in [4.69, 9.17) is 0 Å². The van der Waals surface area contributed by atoms with Crippen molar-refractivity contribution in [3.63, 3.8) is 0 Å². The van der Waals surface area contributed by atoms with E-state index in [0.29, 0.717) is 10.9 Å². The highest BCUT2D eigenvalue weighted by molar-refractivity contribution is 7.91. The molecule has 0 saturated heterocycles. The zero-order chi connectivity index (χ0) is 14.8. The van der Waals surface area contributed by atoms with Crippen LogP contribution in [0.1, 0.15) is 31.9 Å². The van der Waals surface area contributed by atoms with Gasteiger partial charge in [-0.25, -0.2) is 8.42 Å². The maximum Gasteiger partial charge on any atom is 0.180 e. The number of hydrogen-bond donors (Lipinski definition) is 1. The fourth-order valence-corrected chi connectivity index (χ4v) is 4.25. The molecule has 0 fully saturated rings. The molecule has 0 saturated carbocycles. The van der Waals surface area contributed by atoms with Gasteiger partial charge in [-0.2, -0.15) is 0 Å². The Morgan fingerprint density at radius 1 is 1.35 bits per heavy atom. The van der Waals surface area contributed by atoms with E-state index in [1.165, 1.54) is 0 Å². The van der Waals surface area contributed by atoms with Gasteiger partial charge in [0.25, 0.3) is 0 Å². The summed E-state index contributed by atoms with van der Waals surface area (Å²) in [6.45, 7) is 6.21. The fourth-order valence-electron chi connectivity index (χ4n) is 2.48. The number of rotatable bonds is 6. The Hall–Kier alpha value is -0.910. The SMILES string of the molecule is CC(C)N(C)CCCNC1CS(=O)(=O)c2ccccc21. The van der Waals surface area contributed by atoms with Crippen LogP contribution in [0.3, 0.4) is 0 Å². The highest BCUT2D eigenvalue weighted by Crippen LogP contribution is 2.32. The molecule has 2 rings (SSSR count). The van der Waals surface area contributed by atoms with E-state index in [1.807, 2.05) is 12.1 Å². The molecule has 5 heteroatoms. The number of sulfone groups is 1. The molecule has 4 nitrogen and oxygen atoms in total. The van der Waals surface area contributed by atoms with Gasteiger partial charge in [0.1, 0.15) is 0 Å². The standard InChI is InChI=1S/C15H24N2O2S/c1-12(2)17(3)10-6-9-16-14-11-20(18,19)15-8-5-4-7-13(14)15/h4-5,7-8,12,14,16H,6,9-11H2,1-3H3. The van der Waals surface area contributed by atoms with Gasteiger partial charge in [0, 0.05) is 12.1 Å². The van der Waals surface area contributed by atoms with E-state index < -0.39 is 9.84 Å². The first-order valence-corrected chi connectivity index (χ1v) is 8.82. The summed E-state index contributed by atoms with van der Waals surface area (Å²) in [6, 6.07) is 7.80. The molecule has 1 N–H and O–H groups in total. The number of nitrogens with zero attached hydrogens (tertiary/aromatic N) is 1. The monoisotopic (exact) mass is 296 g/mol. The normalized spacial score (nSPS) is 20.6. The minimum atomic E-state index is -3.09. The van der Waals surface area contributed by atoms with Crippen LogP contribution in [0, 0.1) is 0 Å². The number of hydrogen-bond acceptors (Lipinski definition) is 4. The van der Waals surface area contributed by atoms with Gasteiger partial charge in [-0.1, -0.05) is 18.2 Å². The Bertz CT molecular complexity index is 555. The highest BCUT2D eigenvalue weighted by atomic mass is 32.2. The molecule has 1 aromatic carbocycles. The third-order valence-corrected chi connectivity index (χ3v) is 5.79. The van der Waals surface area contributed by atoms with Crippen molar-refractivity contribution in [2.45, 2.75) is 37.2 Å². The summed E-state index contributed by atoms with van der Waals surface area (Å²) in [7, 11) is -0.983. The van der Waals surface area contributed by atoms with Gasteiger partial charge >= 0.3 is 0 Å². The molecule has 20 heavy (non-hydrogen) atoms. The van der Waals surface area contributed by atoms with Crippen molar-refractivity contribution < 1.29 is 8.42 Å². The average molecular weight is 296 g/mol. The summed E-state index contributed by atoms with van der Waals surface area (Å²) in [4.78, 5) is 2.79. The van der Waals surface area contributed by atoms with Gasteiger partial charge in [-0.3, -0.25) is 0 Å². The van der Waals surface area contributed by atoms with E-state index in [9.17, 15) is 8.42 Å². The number of fused-ring (bicyclic) bond motifs is 1. The third kappa shape index (κ3) is 3.40. The van der Waals surface area contributed by atoms with Crippen LogP contribution in [-0.2, 0) is 9.84 Å². The predicted octanol–water partition coefficient (Wildman–Crippen LogP) is 1.83. The molecule has 0 aromatic heterocycles. The highest BCUT2D eigenvalue weighted by Gasteiger charge is 2.33. The van der Waals surface area contributed by atoms with Gasteiger partial charge in [0.2, 0.25) is 0 Å². The fraction of sp³-hybridized carbons (Fsp3) is 0.600. The van der Waals surface area contributed by atoms with Crippen LogP contribution in [0.5, 0.6) is 0 Å². The molecule has 0 aliphatic carbocycles. The molecule has 1 aromatic rings. The Kier molecular flexibility index (Phi) is 4.83. The summed E-state index contributed by atoms with van der Waals surface area (Å²) < 4.78 is 24.1. The van der Waals surface area contributed by atoms with Crippen LogP contribution < -0.4 is 5.32 Å². The lowest BCUT2D eigenvalue weighted by molar-refractivity contribution is 0.268. The summed E-state index contributed by atoms with van der Waals surface area (Å²) in [6.07, 6.45) is 1.02. The summed E-state index contributed by atoms with van der Waals surface area (Å²) in [5, 5.41) is 3.38. The minimum Gasteiger partial charge on any atom is -0.309 e. The van der Waals surface area contributed by atoms with E-state index in [0.717, 1.165) is 25.1 Å². The summed E-state index contributed by atoms with van der Waals surface area (Å²) in [5.74, 6) is 0.187. The molecule has 1 heterocycles. The maximum atomic E-state index is 12.0. The van der Waals surface area contributed by atoms with Gasteiger partial charge < -0.3 is 10.2 Å². The van der Waals surface area contributed by atoms with Crippen LogP contribution in [0.25, 0.3) is 0 Å². The summed E-state index contributed by atoms with van der Waals surface area (Å²) >= 11 is 0. The minimum absolute atomic E-state index is 0.0550. The van der Waals surface area contributed by atoms with Crippen LogP contribution >= 0.6 is 0 Å². The van der Waals surface area contributed by atoms with Crippen molar-refractivity contribution >= 4 is 9.84 Å². The second kappa shape index (κ2) is 6.24. The predicted molar refractivity (Wildman–Crippen MR) is 81.6 cm³/mol. The van der Waals surface area contributed by atoms with Crippen LogP contribution in [-0.4, -0.2) is 45.2 Å². The molecular formula is C15H24N2O2S. The molecule has 1 aliphatic heterocycles. The first-order chi connectivity index (χ1) is 9.42. The van der Waals surface area contributed by atoms with E-state index in [-0.39, 0.29) is 11.8 Å². The van der Waals surface area contributed by atoms with Crippen molar-refractivity contribution in [3.8, 4) is 0 Å². The molecule has 1 unspecified atom stereocenters. The first-order valence-electron chi connectivity index (χ1n) is 7.17. The third-order valence-electron chi connectivity index (χ3n) is 3.98. The number of nitrogens with one attached hydrogen (secondary N) is 1. The van der Waals surface area contributed by atoms with Crippen molar-refractivity contribution in [2.75, 3.05) is 25.9 Å². The molecule has 112 valence electrons. The molecular weight excluding hydrogens is 272 g/mol. The van der Waals surface area contributed by atoms with Crippen molar-refractivity contribution in [2.24, 2.45) is 0 Å². The summed E-state index contributed by atoms with van der Waals surface area (Å²) in [5.41, 5.74) is 0.921. The van der Waals surface area contributed by atoms with Crippen LogP contribution in [0.2, 0.25) is 0 Å². The largest absolute Gasteiger partial charge is 0.309 e.